The lowest BCUT2D eigenvalue weighted by molar-refractivity contribution is -0.129. The summed E-state index contributed by atoms with van der Waals surface area (Å²) in [5, 5.41) is 0. The van der Waals surface area contributed by atoms with E-state index in [0.717, 1.165) is 25.7 Å². The number of amides is 2. The summed E-state index contributed by atoms with van der Waals surface area (Å²) in [4.78, 5) is 24.2. The van der Waals surface area contributed by atoms with Crippen molar-refractivity contribution in [3.8, 4) is 0 Å². The standard InChI is InChI=1S/C42H84N2O2/c1-3-5-7-9-11-13-15-17-19-21-23-25-27-29-31-33-37-42(41(44)46,39-35-36-40(43)45)38-34-32-30-28-26-24-22-20-18-16-14-12-10-8-6-4-2/h3-39H2,1-2H3,(H2,43,45)(H2,44,46). The van der Waals surface area contributed by atoms with Gasteiger partial charge < -0.3 is 11.5 Å². The molecule has 0 unspecified atom stereocenters. The lowest BCUT2D eigenvalue weighted by Gasteiger charge is -2.31. The summed E-state index contributed by atoms with van der Waals surface area (Å²) in [6.45, 7) is 4.57. The average molecular weight is 649 g/mol. The number of hydrogen-bond acceptors (Lipinski definition) is 2. The summed E-state index contributed by atoms with van der Waals surface area (Å²) in [5.41, 5.74) is 11.0. The molecule has 0 aromatic carbocycles. The molecule has 0 spiro atoms. The van der Waals surface area contributed by atoms with E-state index in [2.05, 4.69) is 13.8 Å². The van der Waals surface area contributed by atoms with E-state index in [0.29, 0.717) is 19.3 Å². The molecule has 0 aromatic heterocycles. The molecule has 0 rings (SSSR count). The first-order valence-electron chi connectivity index (χ1n) is 21.1. The van der Waals surface area contributed by atoms with Crippen LogP contribution in [0, 0.1) is 5.41 Å². The van der Waals surface area contributed by atoms with Crippen molar-refractivity contribution in [1.82, 2.24) is 0 Å². The fraction of sp³-hybridized carbons (Fsp3) is 0.952. The second kappa shape index (κ2) is 35.3. The van der Waals surface area contributed by atoms with Crippen molar-refractivity contribution in [2.24, 2.45) is 16.9 Å². The minimum absolute atomic E-state index is 0.154. The fourth-order valence-electron chi connectivity index (χ4n) is 7.37. The maximum absolute atomic E-state index is 12.8. The van der Waals surface area contributed by atoms with Crippen molar-refractivity contribution >= 4 is 11.8 Å². The Kier molecular flexibility index (Phi) is 34.4. The second-order valence-electron chi connectivity index (χ2n) is 15.1. The first-order chi connectivity index (χ1) is 22.5. The monoisotopic (exact) mass is 649 g/mol. The van der Waals surface area contributed by atoms with Gasteiger partial charge in [-0.05, 0) is 25.7 Å². The highest BCUT2D eigenvalue weighted by Crippen LogP contribution is 2.37. The highest BCUT2D eigenvalue weighted by Gasteiger charge is 2.35. The number of rotatable bonds is 39. The van der Waals surface area contributed by atoms with Crippen LogP contribution >= 0.6 is 0 Å². The molecular formula is C42H84N2O2. The maximum Gasteiger partial charge on any atom is 0.223 e. The molecule has 0 aromatic rings. The van der Waals surface area contributed by atoms with Gasteiger partial charge in [-0.25, -0.2) is 0 Å². The fourth-order valence-corrected chi connectivity index (χ4v) is 7.37. The number of carbonyl (C=O) groups excluding carboxylic acids is 2. The third-order valence-electron chi connectivity index (χ3n) is 10.6. The quantitative estimate of drug-likeness (QED) is 0.0650. The first-order valence-corrected chi connectivity index (χ1v) is 21.1. The molecule has 0 atom stereocenters. The highest BCUT2D eigenvalue weighted by molar-refractivity contribution is 5.81. The van der Waals surface area contributed by atoms with Gasteiger partial charge in [0.25, 0.3) is 0 Å². The molecule has 4 N–H and O–H groups in total. The molecule has 4 heteroatoms. The van der Waals surface area contributed by atoms with Gasteiger partial charge in [0, 0.05) is 11.8 Å². The molecule has 0 saturated heterocycles. The summed E-state index contributed by atoms with van der Waals surface area (Å²) in [5.74, 6) is -0.429. The van der Waals surface area contributed by atoms with Gasteiger partial charge in [0.1, 0.15) is 0 Å². The van der Waals surface area contributed by atoms with Crippen LogP contribution in [-0.4, -0.2) is 11.8 Å². The molecule has 0 aliphatic heterocycles. The Bertz CT molecular complexity index is 614. The van der Waals surface area contributed by atoms with Crippen LogP contribution in [0.1, 0.15) is 251 Å². The summed E-state index contributed by atoms with van der Waals surface area (Å²) in [6, 6.07) is 0. The third kappa shape index (κ3) is 30.3. The zero-order chi connectivity index (χ0) is 33.8. The molecular weight excluding hydrogens is 564 g/mol. The molecule has 0 aliphatic carbocycles. The minimum atomic E-state index is -0.457. The maximum atomic E-state index is 12.8. The number of primary amides is 2. The number of hydrogen-bond donors (Lipinski definition) is 2. The Balaban J connectivity index is 4.03. The SMILES string of the molecule is CCCCCCCCCCCCCCCCCCC(CCCCCCCCCCCCCCCCCC)(CCCC(N)=O)C(N)=O. The predicted molar refractivity (Wildman–Crippen MR) is 203 cm³/mol. The van der Waals surface area contributed by atoms with Gasteiger partial charge in [-0.2, -0.15) is 0 Å². The number of carbonyl (C=O) groups is 2. The summed E-state index contributed by atoms with van der Waals surface area (Å²) >= 11 is 0. The molecule has 0 heterocycles. The summed E-state index contributed by atoms with van der Waals surface area (Å²) in [6.07, 6.45) is 46.7. The molecule has 46 heavy (non-hydrogen) atoms. The van der Waals surface area contributed by atoms with Crippen molar-refractivity contribution in [2.75, 3.05) is 0 Å². The van der Waals surface area contributed by atoms with E-state index < -0.39 is 5.41 Å². The van der Waals surface area contributed by atoms with Crippen molar-refractivity contribution in [2.45, 2.75) is 251 Å². The topological polar surface area (TPSA) is 86.2 Å². The van der Waals surface area contributed by atoms with E-state index in [1.54, 1.807) is 0 Å². The van der Waals surface area contributed by atoms with Crippen LogP contribution in [0.25, 0.3) is 0 Å². The predicted octanol–water partition coefficient (Wildman–Crippen LogP) is 13.4. The van der Waals surface area contributed by atoms with E-state index in [1.165, 1.54) is 193 Å². The van der Waals surface area contributed by atoms with Gasteiger partial charge in [0.05, 0.1) is 0 Å². The molecule has 0 aliphatic rings. The molecule has 0 bridgehead atoms. The van der Waals surface area contributed by atoms with Crippen LogP contribution in [-0.2, 0) is 9.59 Å². The van der Waals surface area contributed by atoms with Gasteiger partial charge in [-0.3, -0.25) is 9.59 Å². The lowest BCUT2D eigenvalue weighted by atomic mass is 9.73. The molecule has 0 radical (unpaired) electrons. The average Bonchev–Trinajstić information content (AvgIpc) is 3.03. The van der Waals surface area contributed by atoms with Crippen LogP contribution in [0.5, 0.6) is 0 Å². The Labute approximate surface area is 289 Å². The van der Waals surface area contributed by atoms with Crippen LogP contribution in [0.15, 0.2) is 0 Å². The summed E-state index contributed by atoms with van der Waals surface area (Å²) < 4.78 is 0. The van der Waals surface area contributed by atoms with E-state index in [1.807, 2.05) is 0 Å². The zero-order valence-corrected chi connectivity index (χ0v) is 31.6. The van der Waals surface area contributed by atoms with Crippen LogP contribution in [0.2, 0.25) is 0 Å². The van der Waals surface area contributed by atoms with Crippen molar-refractivity contribution in [3.63, 3.8) is 0 Å². The zero-order valence-electron chi connectivity index (χ0n) is 31.6. The largest absolute Gasteiger partial charge is 0.370 e. The van der Waals surface area contributed by atoms with Crippen LogP contribution in [0.3, 0.4) is 0 Å². The third-order valence-corrected chi connectivity index (χ3v) is 10.6. The van der Waals surface area contributed by atoms with Gasteiger partial charge >= 0.3 is 0 Å². The molecule has 2 amide bonds. The Morgan fingerprint density at radius 2 is 0.565 bits per heavy atom. The van der Waals surface area contributed by atoms with Crippen molar-refractivity contribution < 1.29 is 9.59 Å². The lowest BCUT2D eigenvalue weighted by Crippen LogP contribution is -2.37. The van der Waals surface area contributed by atoms with Gasteiger partial charge in [-0.1, -0.05) is 219 Å². The molecule has 274 valence electrons. The van der Waals surface area contributed by atoms with E-state index >= 15 is 0 Å². The number of nitrogens with two attached hydrogens (primary N) is 2. The Morgan fingerprint density at radius 3 is 0.783 bits per heavy atom. The summed E-state index contributed by atoms with van der Waals surface area (Å²) in [7, 11) is 0. The second-order valence-corrected chi connectivity index (χ2v) is 15.1. The minimum Gasteiger partial charge on any atom is -0.370 e. The normalized spacial score (nSPS) is 11.8. The van der Waals surface area contributed by atoms with Crippen molar-refractivity contribution in [1.29, 1.82) is 0 Å². The Hall–Kier alpha value is -1.06. The van der Waals surface area contributed by atoms with Crippen LogP contribution in [0.4, 0.5) is 0 Å². The molecule has 0 fully saturated rings. The van der Waals surface area contributed by atoms with Gasteiger partial charge in [0.2, 0.25) is 11.8 Å². The van der Waals surface area contributed by atoms with Crippen LogP contribution < -0.4 is 11.5 Å². The molecule has 0 saturated carbocycles. The van der Waals surface area contributed by atoms with Crippen molar-refractivity contribution in [3.05, 3.63) is 0 Å². The first kappa shape index (κ1) is 44.9. The number of unbranched alkanes of at least 4 members (excludes halogenated alkanes) is 30. The van der Waals surface area contributed by atoms with Gasteiger partial charge in [-0.15, -0.1) is 0 Å². The van der Waals surface area contributed by atoms with E-state index in [9.17, 15) is 9.59 Å². The highest BCUT2D eigenvalue weighted by atomic mass is 16.1. The Morgan fingerprint density at radius 1 is 0.348 bits per heavy atom. The van der Waals surface area contributed by atoms with E-state index in [4.69, 9.17) is 11.5 Å². The van der Waals surface area contributed by atoms with Gasteiger partial charge in [0.15, 0.2) is 0 Å². The van der Waals surface area contributed by atoms with E-state index in [-0.39, 0.29) is 11.8 Å². The smallest absolute Gasteiger partial charge is 0.223 e. The molecule has 4 nitrogen and oxygen atoms in total.